The fraction of sp³-hybridized carbons (Fsp3) is 0.529. The van der Waals surface area contributed by atoms with Crippen LogP contribution in [-0.4, -0.2) is 24.9 Å². The van der Waals surface area contributed by atoms with Crippen molar-refractivity contribution in [1.29, 1.82) is 0 Å². The third-order valence-electron chi connectivity index (χ3n) is 6.17. The molecule has 3 aliphatic carbocycles. The van der Waals surface area contributed by atoms with Crippen molar-refractivity contribution in [2.45, 2.75) is 36.7 Å². The van der Waals surface area contributed by atoms with Crippen LogP contribution in [0.15, 0.2) is 51.7 Å². The van der Waals surface area contributed by atoms with Crippen LogP contribution in [0, 0.1) is 30.6 Å². The number of benzene rings is 1. The highest BCUT2D eigenvalue weighted by atomic mass is 32.2. The van der Waals surface area contributed by atoms with Gasteiger partial charge in [-0.15, -0.1) is 0 Å². The second-order valence-corrected chi connectivity index (χ2v) is 9.04. The summed E-state index contributed by atoms with van der Waals surface area (Å²) in [5, 5.41) is 8.47. The molecule has 2 saturated carbocycles. The molecule has 4 aliphatic rings. The van der Waals surface area contributed by atoms with Gasteiger partial charge in [-0.2, -0.15) is 17.9 Å². The van der Waals surface area contributed by atoms with E-state index in [0.29, 0.717) is 28.6 Å². The third kappa shape index (κ3) is 1.70. The SMILES string of the molecule is Cc1ccc(S(=O)(=O)N2N=N[C@H]3[C@H]4C[C@H]([C@H]5CC=C[C@@H]54)[C@@H]32)cc1. The fourth-order valence-electron chi connectivity index (χ4n) is 5.17. The van der Waals surface area contributed by atoms with Gasteiger partial charge in [-0.1, -0.05) is 35.1 Å². The Balaban J connectivity index is 1.51. The first kappa shape index (κ1) is 13.7. The lowest BCUT2D eigenvalue weighted by molar-refractivity contribution is 0.177. The number of sulfonamides is 1. The molecule has 6 heteroatoms. The van der Waals surface area contributed by atoms with Gasteiger partial charge < -0.3 is 0 Å². The van der Waals surface area contributed by atoms with Gasteiger partial charge in [0.15, 0.2) is 0 Å². The van der Waals surface area contributed by atoms with Crippen molar-refractivity contribution in [2.75, 3.05) is 0 Å². The summed E-state index contributed by atoms with van der Waals surface area (Å²) in [5.41, 5.74) is 1.05. The molecule has 5 nitrogen and oxygen atoms in total. The second-order valence-electron chi connectivity index (χ2n) is 7.25. The Kier molecular flexibility index (Phi) is 2.65. The minimum atomic E-state index is -3.61. The largest absolute Gasteiger partial charge is 0.280 e. The van der Waals surface area contributed by atoms with E-state index in [1.807, 2.05) is 19.1 Å². The summed E-state index contributed by atoms with van der Waals surface area (Å²) in [6.45, 7) is 1.95. The van der Waals surface area contributed by atoms with Crippen LogP contribution in [0.4, 0.5) is 0 Å². The highest BCUT2D eigenvalue weighted by Crippen LogP contribution is 2.60. The van der Waals surface area contributed by atoms with Crippen LogP contribution in [-0.2, 0) is 10.0 Å². The molecule has 1 aromatic carbocycles. The molecule has 23 heavy (non-hydrogen) atoms. The standard InChI is InChI=1S/C17H19N3O2S/c1-10-5-7-11(8-6-10)23(21,22)20-17-15-9-14(16(17)18-19-20)12-3-2-4-13(12)15/h2-3,5-8,12-17H,4,9H2,1H3/t12-,13-,14-,15+,16-,17-/m0/s1. The molecule has 0 spiro atoms. The average molecular weight is 329 g/mol. The monoisotopic (exact) mass is 329 g/mol. The third-order valence-corrected chi connectivity index (χ3v) is 7.85. The highest BCUT2D eigenvalue weighted by Gasteiger charge is 2.63. The summed E-state index contributed by atoms with van der Waals surface area (Å²) in [6, 6.07) is 6.96. The smallest absolute Gasteiger partial charge is 0.200 e. The second kappa shape index (κ2) is 4.44. The Hall–Kier alpha value is -1.69. The van der Waals surface area contributed by atoms with E-state index in [4.69, 9.17) is 0 Å². The number of aryl methyl sites for hydroxylation is 1. The number of nitrogens with zero attached hydrogens (tertiary/aromatic N) is 3. The topological polar surface area (TPSA) is 62.1 Å². The van der Waals surface area contributed by atoms with E-state index in [1.165, 1.54) is 4.41 Å². The molecule has 120 valence electrons. The number of hydrogen-bond acceptors (Lipinski definition) is 4. The van der Waals surface area contributed by atoms with Gasteiger partial charge in [0.2, 0.25) is 0 Å². The lowest BCUT2D eigenvalue weighted by atomic mass is 9.77. The van der Waals surface area contributed by atoms with Crippen LogP contribution in [0.5, 0.6) is 0 Å². The highest BCUT2D eigenvalue weighted by molar-refractivity contribution is 7.89. The van der Waals surface area contributed by atoms with Crippen LogP contribution < -0.4 is 0 Å². The van der Waals surface area contributed by atoms with Crippen LogP contribution in [0.1, 0.15) is 18.4 Å². The zero-order valence-electron chi connectivity index (χ0n) is 12.9. The van der Waals surface area contributed by atoms with Gasteiger partial charge in [-0.3, -0.25) is 0 Å². The van der Waals surface area contributed by atoms with Crippen molar-refractivity contribution in [2.24, 2.45) is 34.0 Å². The van der Waals surface area contributed by atoms with E-state index in [0.717, 1.165) is 18.4 Å². The van der Waals surface area contributed by atoms with Gasteiger partial charge in [-0.25, -0.2) is 0 Å². The van der Waals surface area contributed by atoms with Crippen molar-refractivity contribution >= 4 is 10.0 Å². The van der Waals surface area contributed by atoms with Gasteiger partial charge in [0.1, 0.15) is 0 Å². The van der Waals surface area contributed by atoms with Gasteiger partial charge in [0.25, 0.3) is 10.0 Å². The molecule has 1 aliphatic heterocycles. The van der Waals surface area contributed by atoms with Crippen molar-refractivity contribution in [3.05, 3.63) is 42.0 Å². The molecule has 1 heterocycles. The Labute approximate surface area is 136 Å². The predicted octanol–water partition coefficient (Wildman–Crippen LogP) is 2.95. The first-order valence-electron chi connectivity index (χ1n) is 8.26. The number of fused-ring (bicyclic) bond motifs is 8. The van der Waals surface area contributed by atoms with Gasteiger partial charge in [0, 0.05) is 0 Å². The molecule has 0 radical (unpaired) electrons. The Morgan fingerprint density at radius 3 is 2.70 bits per heavy atom. The molecular formula is C17H19N3O2S. The molecule has 0 unspecified atom stereocenters. The molecule has 0 N–H and O–H groups in total. The molecule has 1 aromatic rings. The van der Waals surface area contributed by atoms with E-state index in [1.54, 1.807) is 12.1 Å². The van der Waals surface area contributed by atoms with Crippen molar-refractivity contribution < 1.29 is 8.42 Å². The molecule has 2 bridgehead atoms. The first-order valence-corrected chi connectivity index (χ1v) is 9.70. The summed E-state index contributed by atoms with van der Waals surface area (Å²) >= 11 is 0. The van der Waals surface area contributed by atoms with E-state index in [-0.39, 0.29) is 12.1 Å². The molecule has 5 rings (SSSR count). The summed E-state index contributed by atoms with van der Waals surface area (Å²) < 4.78 is 27.3. The van der Waals surface area contributed by atoms with Crippen molar-refractivity contribution in [3.8, 4) is 0 Å². The van der Waals surface area contributed by atoms with Gasteiger partial charge >= 0.3 is 0 Å². The quantitative estimate of drug-likeness (QED) is 0.783. The van der Waals surface area contributed by atoms with Crippen LogP contribution in [0.25, 0.3) is 0 Å². The lowest BCUT2D eigenvalue weighted by Gasteiger charge is -2.35. The summed E-state index contributed by atoms with van der Waals surface area (Å²) in [6.07, 6.45) is 6.74. The van der Waals surface area contributed by atoms with Gasteiger partial charge in [0.05, 0.1) is 17.0 Å². The maximum Gasteiger partial charge on any atom is 0.280 e. The van der Waals surface area contributed by atoms with Crippen LogP contribution in [0.2, 0.25) is 0 Å². The summed E-state index contributed by atoms with van der Waals surface area (Å²) in [7, 11) is -3.61. The maximum absolute atomic E-state index is 13.0. The first-order chi connectivity index (χ1) is 11.1. The van der Waals surface area contributed by atoms with E-state index in [2.05, 4.69) is 22.5 Å². The molecule has 2 fully saturated rings. The Bertz CT molecular complexity index is 815. The molecule has 0 saturated heterocycles. The minimum Gasteiger partial charge on any atom is -0.200 e. The fourth-order valence-corrected chi connectivity index (χ4v) is 6.61. The number of hydrogen-bond donors (Lipinski definition) is 0. The molecule has 0 aromatic heterocycles. The summed E-state index contributed by atoms with van der Waals surface area (Å²) in [4.78, 5) is 0.312. The van der Waals surface area contributed by atoms with Gasteiger partial charge in [-0.05, 0) is 55.6 Å². The number of allylic oxidation sites excluding steroid dienone is 2. The minimum absolute atomic E-state index is 0.0456. The van der Waals surface area contributed by atoms with E-state index >= 15 is 0 Å². The predicted molar refractivity (Wildman–Crippen MR) is 85.0 cm³/mol. The van der Waals surface area contributed by atoms with E-state index in [9.17, 15) is 8.42 Å². The van der Waals surface area contributed by atoms with Crippen LogP contribution in [0.3, 0.4) is 0 Å². The van der Waals surface area contributed by atoms with Crippen molar-refractivity contribution in [3.63, 3.8) is 0 Å². The number of rotatable bonds is 2. The van der Waals surface area contributed by atoms with Crippen LogP contribution >= 0.6 is 0 Å². The normalized spacial score (nSPS) is 40.0. The maximum atomic E-state index is 13.0. The average Bonchev–Trinajstić information content (AvgIpc) is 3.25. The molecule has 0 amide bonds. The summed E-state index contributed by atoms with van der Waals surface area (Å²) in [5.74, 6) is 2.03. The Morgan fingerprint density at radius 1 is 1.13 bits per heavy atom. The Morgan fingerprint density at radius 2 is 1.91 bits per heavy atom. The van der Waals surface area contributed by atoms with Crippen molar-refractivity contribution in [1.82, 2.24) is 4.41 Å². The molecular weight excluding hydrogens is 310 g/mol. The lowest BCUT2D eigenvalue weighted by Crippen LogP contribution is -2.46. The van der Waals surface area contributed by atoms with E-state index < -0.39 is 10.0 Å². The molecule has 6 atom stereocenters. The zero-order valence-corrected chi connectivity index (χ0v) is 13.7. The zero-order chi connectivity index (χ0) is 15.8.